The first-order chi connectivity index (χ1) is 9.15. The molecule has 1 aliphatic rings. The van der Waals surface area contributed by atoms with E-state index in [0.717, 1.165) is 25.4 Å². The fourth-order valence-corrected chi connectivity index (χ4v) is 2.33. The molecule has 4 heteroatoms. The van der Waals surface area contributed by atoms with Crippen molar-refractivity contribution in [1.82, 2.24) is 10.6 Å². The third-order valence-corrected chi connectivity index (χ3v) is 3.31. The molecule has 0 radical (unpaired) electrons. The van der Waals surface area contributed by atoms with Crippen LogP contribution in [0.1, 0.15) is 19.4 Å². The van der Waals surface area contributed by atoms with E-state index in [1.807, 2.05) is 26.0 Å². The summed E-state index contributed by atoms with van der Waals surface area (Å²) in [7, 11) is 0. The molecule has 1 heterocycles. The van der Waals surface area contributed by atoms with Crippen LogP contribution >= 0.6 is 0 Å². The predicted octanol–water partition coefficient (Wildman–Crippen LogP) is 1.14. The van der Waals surface area contributed by atoms with Crippen LogP contribution in [-0.4, -0.2) is 36.9 Å². The van der Waals surface area contributed by atoms with Gasteiger partial charge in [0.2, 0.25) is 0 Å². The monoisotopic (exact) mass is 264 g/mol. The average Bonchev–Trinajstić information content (AvgIpc) is 2.75. The molecular formula is C15H24N2O2. The number of aliphatic hydroxyl groups excluding tert-OH is 1. The van der Waals surface area contributed by atoms with E-state index in [1.54, 1.807) is 0 Å². The van der Waals surface area contributed by atoms with Crippen molar-refractivity contribution in [2.24, 2.45) is 5.92 Å². The Bertz CT molecular complexity index is 395. The lowest BCUT2D eigenvalue weighted by molar-refractivity contribution is 0.146. The number of rotatable bonds is 6. The van der Waals surface area contributed by atoms with Crippen molar-refractivity contribution in [3.8, 4) is 5.75 Å². The van der Waals surface area contributed by atoms with Gasteiger partial charge in [-0.05, 0) is 31.5 Å². The van der Waals surface area contributed by atoms with E-state index < -0.39 is 0 Å². The summed E-state index contributed by atoms with van der Waals surface area (Å²) in [4.78, 5) is 0. The molecule has 0 aliphatic carbocycles. The molecule has 2 atom stereocenters. The van der Waals surface area contributed by atoms with E-state index in [4.69, 9.17) is 4.74 Å². The van der Waals surface area contributed by atoms with Gasteiger partial charge in [0.15, 0.2) is 0 Å². The zero-order valence-electron chi connectivity index (χ0n) is 11.7. The van der Waals surface area contributed by atoms with Crippen LogP contribution in [0, 0.1) is 5.92 Å². The Morgan fingerprint density at radius 1 is 1.42 bits per heavy atom. The number of hydrogen-bond donors (Lipinski definition) is 3. The molecule has 1 aliphatic heterocycles. The van der Waals surface area contributed by atoms with Crippen LogP contribution < -0.4 is 15.4 Å². The highest BCUT2D eigenvalue weighted by molar-refractivity contribution is 5.28. The van der Waals surface area contributed by atoms with Crippen molar-refractivity contribution in [2.75, 3.05) is 19.6 Å². The average molecular weight is 264 g/mol. The second-order valence-electron chi connectivity index (χ2n) is 5.43. The molecule has 0 bridgehead atoms. The summed E-state index contributed by atoms with van der Waals surface area (Å²) in [6, 6.07) is 8.15. The minimum Gasteiger partial charge on any atom is -0.491 e. The molecular weight excluding hydrogens is 240 g/mol. The quantitative estimate of drug-likeness (QED) is 0.721. The Morgan fingerprint density at radius 2 is 2.26 bits per heavy atom. The summed E-state index contributed by atoms with van der Waals surface area (Å²) in [6.45, 7) is 7.30. The van der Waals surface area contributed by atoms with Crippen LogP contribution in [0.25, 0.3) is 0 Å². The number of hydrogen-bond acceptors (Lipinski definition) is 4. The largest absolute Gasteiger partial charge is 0.491 e. The van der Waals surface area contributed by atoms with E-state index in [1.165, 1.54) is 5.56 Å². The van der Waals surface area contributed by atoms with Crippen molar-refractivity contribution in [1.29, 1.82) is 0 Å². The summed E-state index contributed by atoms with van der Waals surface area (Å²) in [6.07, 6.45) is -0.0222. The van der Waals surface area contributed by atoms with Gasteiger partial charge < -0.3 is 20.5 Å². The van der Waals surface area contributed by atoms with Gasteiger partial charge in [-0.1, -0.05) is 12.1 Å². The van der Waals surface area contributed by atoms with Crippen LogP contribution in [0.5, 0.6) is 5.75 Å². The summed E-state index contributed by atoms with van der Waals surface area (Å²) in [5.74, 6) is 1.23. The number of β-amino-alcohol motifs (C(OH)–C–C–N with tert-alkyl or cyclic N) is 1. The van der Waals surface area contributed by atoms with Crippen molar-refractivity contribution < 1.29 is 9.84 Å². The summed E-state index contributed by atoms with van der Waals surface area (Å²) in [5.41, 5.74) is 1.21. The second-order valence-corrected chi connectivity index (χ2v) is 5.43. The SMILES string of the molecule is CC(C)Oc1cccc(CNCC2CNCC2O)c1. The van der Waals surface area contributed by atoms with Gasteiger partial charge in [-0.2, -0.15) is 0 Å². The smallest absolute Gasteiger partial charge is 0.120 e. The summed E-state index contributed by atoms with van der Waals surface area (Å²) < 4.78 is 5.67. The molecule has 2 rings (SSSR count). The third-order valence-electron chi connectivity index (χ3n) is 3.31. The van der Waals surface area contributed by atoms with Crippen molar-refractivity contribution >= 4 is 0 Å². The van der Waals surface area contributed by atoms with E-state index in [0.29, 0.717) is 12.5 Å². The fraction of sp³-hybridized carbons (Fsp3) is 0.600. The zero-order chi connectivity index (χ0) is 13.7. The number of aliphatic hydroxyl groups is 1. The van der Waals surface area contributed by atoms with E-state index in [9.17, 15) is 5.11 Å². The van der Waals surface area contributed by atoms with Gasteiger partial charge in [0, 0.05) is 32.1 Å². The van der Waals surface area contributed by atoms with Gasteiger partial charge in [-0.25, -0.2) is 0 Å². The summed E-state index contributed by atoms with van der Waals surface area (Å²) in [5, 5.41) is 16.3. The molecule has 0 saturated carbocycles. The fourth-order valence-electron chi connectivity index (χ4n) is 2.33. The predicted molar refractivity (Wildman–Crippen MR) is 76.3 cm³/mol. The van der Waals surface area contributed by atoms with Crippen molar-refractivity contribution in [2.45, 2.75) is 32.6 Å². The molecule has 0 aromatic heterocycles. The Morgan fingerprint density at radius 3 is 2.95 bits per heavy atom. The highest BCUT2D eigenvalue weighted by Gasteiger charge is 2.23. The Labute approximate surface area is 115 Å². The topological polar surface area (TPSA) is 53.5 Å². The maximum atomic E-state index is 9.71. The normalized spacial score (nSPS) is 22.9. The first-order valence-electron chi connectivity index (χ1n) is 7.00. The van der Waals surface area contributed by atoms with Gasteiger partial charge in [0.25, 0.3) is 0 Å². The first-order valence-corrected chi connectivity index (χ1v) is 7.00. The molecule has 1 aromatic carbocycles. The molecule has 1 aromatic rings. The van der Waals surface area contributed by atoms with Gasteiger partial charge >= 0.3 is 0 Å². The molecule has 1 saturated heterocycles. The van der Waals surface area contributed by atoms with Gasteiger partial charge in [-0.3, -0.25) is 0 Å². The van der Waals surface area contributed by atoms with Crippen molar-refractivity contribution in [3.63, 3.8) is 0 Å². The standard InChI is InChI=1S/C15H24N2O2/c1-11(2)19-14-5-3-4-12(6-14)7-16-8-13-9-17-10-15(13)18/h3-6,11,13,15-18H,7-10H2,1-2H3. The Hall–Kier alpha value is -1.10. The number of nitrogens with one attached hydrogen (secondary N) is 2. The zero-order valence-corrected chi connectivity index (χ0v) is 11.7. The van der Waals surface area contributed by atoms with Crippen LogP contribution in [0.4, 0.5) is 0 Å². The molecule has 4 nitrogen and oxygen atoms in total. The molecule has 1 fully saturated rings. The molecule has 19 heavy (non-hydrogen) atoms. The lowest BCUT2D eigenvalue weighted by Crippen LogP contribution is -2.30. The Balaban J connectivity index is 1.79. The van der Waals surface area contributed by atoms with E-state index in [-0.39, 0.29) is 12.2 Å². The molecule has 0 spiro atoms. The van der Waals surface area contributed by atoms with Crippen molar-refractivity contribution in [3.05, 3.63) is 29.8 Å². The Kier molecular flexibility index (Phi) is 5.19. The highest BCUT2D eigenvalue weighted by Crippen LogP contribution is 2.15. The van der Waals surface area contributed by atoms with E-state index >= 15 is 0 Å². The minimum absolute atomic E-state index is 0.197. The van der Waals surface area contributed by atoms with Crippen LogP contribution in [0.2, 0.25) is 0 Å². The molecule has 3 N–H and O–H groups in total. The van der Waals surface area contributed by atoms with Gasteiger partial charge in [0.1, 0.15) is 5.75 Å². The molecule has 106 valence electrons. The third kappa shape index (κ3) is 4.49. The second kappa shape index (κ2) is 6.89. The minimum atomic E-state index is -0.219. The maximum Gasteiger partial charge on any atom is 0.120 e. The van der Waals surface area contributed by atoms with Gasteiger partial charge in [0.05, 0.1) is 12.2 Å². The highest BCUT2D eigenvalue weighted by atomic mass is 16.5. The maximum absolute atomic E-state index is 9.71. The van der Waals surface area contributed by atoms with Gasteiger partial charge in [-0.15, -0.1) is 0 Å². The molecule has 2 unspecified atom stereocenters. The summed E-state index contributed by atoms with van der Waals surface area (Å²) >= 11 is 0. The molecule has 0 amide bonds. The first kappa shape index (κ1) is 14.3. The number of ether oxygens (including phenoxy) is 1. The lowest BCUT2D eigenvalue weighted by Gasteiger charge is -2.15. The van der Waals surface area contributed by atoms with E-state index in [2.05, 4.69) is 22.8 Å². The van der Waals surface area contributed by atoms with Crippen LogP contribution in [0.15, 0.2) is 24.3 Å². The lowest BCUT2D eigenvalue weighted by atomic mass is 10.1. The number of benzene rings is 1. The van der Waals surface area contributed by atoms with Crippen LogP contribution in [0.3, 0.4) is 0 Å². The van der Waals surface area contributed by atoms with Crippen LogP contribution in [-0.2, 0) is 6.54 Å².